The second kappa shape index (κ2) is 19.2. The van der Waals surface area contributed by atoms with E-state index in [0.29, 0.717) is 51.1 Å². The van der Waals surface area contributed by atoms with Gasteiger partial charge in [0, 0.05) is 5.02 Å². The standard InChI is InChI=1S/C46H50ClNO7/c1-2-51-40-21-18-33(19-22-40)24-38-25-37(20-23-41(38)47)42-43(52-26-34-12-6-3-7-13-34)44(53-27-35-14-8-4-9-15-35)45(54-28-36-16-10-5-11-17-36)46(55-42)31-49-29-39(48)30-50-32-46/h3-23,25,39,42-45H,2,24,26-32,48H2,1H3. The first-order valence-corrected chi connectivity index (χ1v) is 19.4. The minimum Gasteiger partial charge on any atom is -0.494 e. The van der Waals surface area contributed by atoms with E-state index in [-0.39, 0.29) is 19.3 Å². The first kappa shape index (κ1) is 39.2. The first-order chi connectivity index (χ1) is 27.0. The Morgan fingerprint density at radius 3 is 1.76 bits per heavy atom. The molecule has 0 aromatic heterocycles. The number of hydrogen-bond donors (Lipinski definition) is 1. The van der Waals surface area contributed by atoms with Gasteiger partial charge in [-0.3, -0.25) is 0 Å². The van der Waals surface area contributed by atoms with Crippen LogP contribution >= 0.6 is 11.6 Å². The van der Waals surface area contributed by atoms with Crippen LogP contribution in [0.15, 0.2) is 133 Å². The molecule has 5 aromatic carbocycles. The summed E-state index contributed by atoms with van der Waals surface area (Å²) >= 11 is 6.91. The summed E-state index contributed by atoms with van der Waals surface area (Å²) in [5.74, 6) is 0.834. The summed E-state index contributed by atoms with van der Waals surface area (Å²) in [5, 5.41) is 0.664. The minimum atomic E-state index is -1.08. The van der Waals surface area contributed by atoms with Crippen LogP contribution in [0.4, 0.5) is 0 Å². The zero-order valence-electron chi connectivity index (χ0n) is 31.3. The third kappa shape index (κ3) is 10.2. The van der Waals surface area contributed by atoms with Crippen molar-refractivity contribution in [2.45, 2.75) is 69.2 Å². The smallest absolute Gasteiger partial charge is 0.144 e. The van der Waals surface area contributed by atoms with Gasteiger partial charge >= 0.3 is 0 Å². The molecule has 4 unspecified atom stereocenters. The Labute approximate surface area is 329 Å². The van der Waals surface area contributed by atoms with Gasteiger partial charge in [-0.2, -0.15) is 0 Å². The molecule has 0 amide bonds. The highest BCUT2D eigenvalue weighted by molar-refractivity contribution is 6.31. The Bertz CT molecular complexity index is 1890. The van der Waals surface area contributed by atoms with Gasteiger partial charge in [-0.1, -0.05) is 127 Å². The van der Waals surface area contributed by atoms with Gasteiger partial charge in [-0.15, -0.1) is 0 Å². The van der Waals surface area contributed by atoms with Gasteiger partial charge in [0.25, 0.3) is 0 Å². The number of nitrogens with two attached hydrogens (primary N) is 1. The maximum absolute atomic E-state index is 7.36. The van der Waals surface area contributed by atoms with Crippen molar-refractivity contribution < 1.29 is 33.2 Å². The van der Waals surface area contributed by atoms with E-state index in [1.165, 1.54) is 0 Å². The maximum atomic E-state index is 7.36. The fourth-order valence-electron chi connectivity index (χ4n) is 7.28. The molecule has 2 saturated heterocycles. The van der Waals surface area contributed by atoms with Gasteiger partial charge in [0.05, 0.1) is 58.9 Å². The van der Waals surface area contributed by atoms with E-state index < -0.39 is 30.0 Å². The Kier molecular flexibility index (Phi) is 13.7. The van der Waals surface area contributed by atoms with Crippen LogP contribution in [0.3, 0.4) is 0 Å². The molecule has 2 heterocycles. The zero-order valence-corrected chi connectivity index (χ0v) is 32.0. The van der Waals surface area contributed by atoms with Crippen LogP contribution in [-0.2, 0) is 54.7 Å². The van der Waals surface area contributed by atoms with Crippen LogP contribution in [0, 0.1) is 0 Å². The molecule has 8 nitrogen and oxygen atoms in total. The van der Waals surface area contributed by atoms with Crippen molar-refractivity contribution >= 4 is 11.6 Å². The summed E-state index contributed by atoms with van der Waals surface area (Å²) in [6.07, 6.45) is -1.87. The van der Waals surface area contributed by atoms with E-state index in [4.69, 9.17) is 50.5 Å². The molecule has 0 bridgehead atoms. The Morgan fingerprint density at radius 2 is 1.20 bits per heavy atom. The number of hydrogen-bond acceptors (Lipinski definition) is 8. The summed E-state index contributed by atoms with van der Waals surface area (Å²) in [6.45, 7) is 4.58. The molecule has 288 valence electrons. The second-order valence-electron chi connectivity index (χ2n) is 14.2. The molecular formula is C46H50ClNO7. The molecule has 2 aliphatic heterocycles. The molecule has 0 aliphatic carbocycles. The third-order valence-corrected chi connectivity index (χ3v) is 10.4. The molecule has 1 spiro atoms. The maximum Gasteiger partial charge on any atom is 0.144 e. The average Bonchev–Trinajstić information content (AvgIpc) is 3.21. The zero-order chi connectivity index (χ0) is 37.9. The van der Waals surface area contributed by atoms with Gasteiger partial charge in [0.1, 0.15) is 35.8 Å². The van der Waals surface area contributed by atoms with E-state index in [1.807, 2.05) is 97.9 Å². The minimum absolute atomic E-state index is 0.180. The molecule has 5 aromatic rings. The second-order valence-corrected chi connectivity index (χ2v) is 14.6. The SMILES string of the molecule is CCOc1ccc(Cc2cc(C3OC4(COCC(N)COC4)C(OCc4ccccc4)C(OCc4ccccc4)C3OCc3ccccc3)ccc2Cl)cc1. The number of halogens is 1. The average molecular weight is 764 g/mol. The van der Waals surface area contributed by atoms with Crippen molar-refractivity contribution in [1.29, 1.82) is 0 Å². The Hall–Kier alpha value is -4.09. The van der Waals surface area contributed by atoms with Gasteiger partial charge < -0.3 is 38.9 Å². The van der Waals surface area contributed by atoms with Gasteiger partial charge in [0.2, 0.25) is 0 Å². The fourth-order valence-corrected chi connectivity index (χ4v) is 7.46. The van der Waals surface area contributed by atoms with Crippen LogP contribution in [0.25, 0.3) is 0 Å². The van der Waals surface area contributed by atoms with Crippen molar-refractivity contribution in [2.24, 2.45) is 5.73 Å². The van der Waals surface area contributed by atoms with Crippen LogP contribution in [0.5, 0.6) is 5.75 Å². The van der Waals surface area contributed by atoms with Crippen molar-refractivity contribution in [3.05, 3.63) is 172 Å². The predicted molar refractivity (Wildman–Crippen MR) is 213 cm³/mol. The quantitative estimate of drug-likeness (QED) is 0.121. The number of ether oxygens (including phenoxy) is 7. The van der Waals surface area contributed by atoms with Gasteiger partial charge in [0.15, 0.2) is 0 Å². The van der Waals surface area contributed by atoms with E-state index in [1.54, 1.807) is 0 Å². The first-order valence-electron chi connectivity index (χ1n) is 19.1. The topological polar surface area (TPSA) is 90.6 Å². The van der Waals surface area contributed by atoms with E-state index in [0.717, 1.165) is 39.1 Å². The molecule has 7 rings (SSSR count). The fraction of sp³-hybridized carbons (Fsp3) is 0.348. The number of rotatable bonds is 14. The molecule has 4 atom stereocenters. The highest BCUT2D eigenvalue weighted by Gasteiger charge is 2.58. The van der Waals surface area contributed by atoms with E-state index >= 15 is 0 Å². The highest BCUT2D eigenvalue weighted by Crippen LogP contribution is 2.45. The molecule has 2 aliphatic rings. The molecule has 0 radical (unpaired) electrons. The summed E-state index contributed by atoms with van der Waals surface area (Å²) < 4.78 is 46.7. The number of benzene rings is 5. The van der Waals surface area contributed by atoms with Crippen LogP contribution in [-0.4, -0.2) is 63.0 Å². The Morgan fingerprint density at radius 1 is 0.655 bits per heavy atom. The lowest BCUT2D eigenvalue weighted by molar-refractivity contribution is -0.326. The molecule has 0 saturated carbocycles. The van der Waals surface area contributed by atoms with Crippen molar-refractivity contribution in [3.8, 4) is 5.75 Å². The lowest BCUT2D eigenvalue weighted by Crippen LogP contribution is -2.68. The molecule has 9 heteroatoms. The van der Waals surface area contributed by atoms with Gasteiger partial charge in [-0.25, -0.2) is 0 Å². The monoisotopic (exact) mass is 763 g/mol. The summed E-state index contributed by atoms with van der Waals surface area (Å²) in [4.78, 5) is 0. The van der Waals surface area contributed by atoms with E-state index in [9.17, 15) is 0 Å². The summed E-state index contributed by atoms with van der Waals surface area (Å²) in [6, 6.07) is 44.3. The van der Waals surface area contributed by atoms with Crippen molar-refractivity contribution in [2.75, 3.05) is 33.0 Å². The van der Waals surface area contributed by atoms with Crippen LogP contribution < -0.4 is 10.5 Å². The van der Waals surface area contributed by atoms with Crippen molar-refractivity contribution in [3.63, 3.8) is 0 Å². The third-order valence-electron chi connectivity index (χ3n) is 10.0. The molecule has 55 heavy (non-hydrogen) atoms. The predicted octanol–water partition coefficient (Wildman–Crippen LogP) is 8.27. The largest absolute Gasteiger partial charge is 0.494 e. The molecule has 2 N–H and O–H groups in total. The van der Waals surface area contributed by atoms with Crippen molar-refractivity contribution in [1.82, 2.24) is 0 Å². The van der Waals surface area contributed by atoms with Crippen LogP contribution in [0.2, 0.25) is 5.02 Å². The Balaban J connectivity index is 1.30. The lowest BCUT2D eigenvalue weighted by Gasteiger charge is -2.53. The molecular weight excluding hydrogens is 714 g/mol. The van der Waals surface area contributed by atoms with Gasteiger partial charge in [-0.05, 0) is 64.9 Å². The summed E-state index contributed by atoms with van der Waals surface area (Å²) in [7, 11) is 0. The molecule has 2 fully saturated rings. The lowest BCUT2D eigenvalue weighted by atomic mass is 9.82. The highest BCUT2D eigenvalue weighted by atomic mass is 35.5. The normalized spacial score (nSPS) is 24.2. The van der Waals surface area contributed by atoms with Crippen LogP contribution in [0.1, 0.15) is 46.4 Å². The summed E-state index contributed by atoms with van der Waals surface area (Å²) in [5.41, 5.74) is 11.3. The van der Waals surface area contributed by atoms with E-state index in [2.05, 4.69) is 42.5 Å².